The second-order valence-electron chi connectivity index (χ2n) is 7.01. The van der Waals surface area contributed by atoms with Gasteiger partial charge in [0, 0.05) is 18.9 Å². The van der Waals surface area contributed by atoms with Crippen molar-refractivity contribution in [2.24, 2.45) is 11.3 Å². The van der Waals surface area contributed by atoms with Crippen molar-refractivity contribution in [1.29, 1.82) is 0 Å². The standard InChI is InChI=1S/C15H29NO7S/c1-11(2)9-15(20,13(18)19)14(4,5)10-23-24(21,22)8-6-7-16-12(3)17/h11,20H,6-10H2,1-5H3,(H,16,17)(H,18,19)/t15-/m0/s1. The molecule has 0 aliphatic carbocycles. The van der Waals surface area contributed by atoms with Crippen LogP contribution in [0.4, 0.5) is 0 Å². The molecular weight excluding hydrogens is 338 g/mol. The van der Waals surface area contributed by atoms with E-state index in [2.05, 4.69) is 5.32 Å². The number of carbonyl (C=O) groups excluding carboxylic acids is 1. The minimum Gasteiger partial charge on any atom is -0.479 e. The van der Waals surface area contributed by atoms with Gasteiger partial charge in [0.15, 0.2) is 5.60 Å². The summed E-state index contributed by atoms with van der Waals surface area (Å²) in [6, 6.07) is 0. The molecule has 0 heterocycles. The zero-order chi connectivity index (χ0) is 19.2. The Morgan fingerprint density at radius 2 is 1.79 bits per heavy atom. The molecule has 142 valence electrons. The quantitative estimate of drug-likeness (QED) is 0.363. The van der Waals surface area contributed by atoms with Gasteiger partial charge in [0.2, 0.25) is 5.91 Å². The van der Waals surface area contributed by atoms with E-state index < -0.39 is 33.7 Å². The van der Waals surface area contributed by atoms with E-state index in [1.807, 2.05) is 0 Å². The van der Waals surface area contributed by atoms with Crippen molar-refractivity contribution in [2.45, 2.75) is 53.1 Å². The van der Waals surface area contributed by atoms with Crippen LogP contribution in [-0.4, -0.2) is 55.0 Å². The van der Waals surface area contributed by atoms with Crippen LogP contribution in [0.2, 0.25) is 0 Å². The van der Waals surface area contributed by atoms with Gasteiger partial charge in [-0.2, -0.15) is 8.42 Å². The average Bonchev–Trinajstić information content (AvgIpc) is 2.40. The third kappa shape index (κ3) is 7.14. The Balaban J connectivity index is 4.84. The number of carboxylic acids is 1. The maximum absolute atomic E-state index is 11.9. The summed E-state index contributed by atoms with van der Waals surface area (Å²) in [5, 5.41) is 22.4. The first-order valence-corrected chi connectivity index (χ1v) is 9.38. The van der Waals surface area contributed by atoms with Gasteiger partial charge in [0.25, 0.3) is 10.1 Å². The number of amides is 1. The first kappa shape index (κ1) is 22.8. The Morgan fingerprint density at radius 3 is 2.21 bits per heavy atom. The summed E-state index contributed by atoms with van der Waals surface area (Å²) in [5.41, 5.74) is -3.42. The van der Waals surface area contributed by atoms with Crippen LogP contribution >= 0.6 is 0 Å². The van der Waals surface area contributed by atoms with Crippen molar-refractivity contribution >= 4 is 22.0 Å². The number of hydrogen-bond donors (Lipinski definition) is 3. The summed E-state index contributed by atoms with van der Waals surface area (Å²) in [7, 11) is -3.88. The highest BCUT2D eigenvalue weighted by atomic mass is 32.2. The van der Waals surface area contributed by atoms with Gasteiger partial charge >= 0.3 is 5.97 Å². The van der Waals surface area contributed by atoms with Crippen LogP contribution < -0.4 is 5.32 Å². The highest BCUT2D eigenvalue weighted by Gasteiger charge is 2.51. The molecule has 0 aromatic carbocycles. The number of carbonyl (C=O) groups is 2. The third-order valence-electron chi connectivity index (χ3n) is 3.72. The molecule has 3 N–H and O–H groups in total. The molecule has 0 radical (unpaired) electrons. The fourth-order valence-corrected chi connectivity index (χ4v) is 3.26. The zero-order valence-electron chi connectivity index (χ0n) is 15.0. The van der Waals surface area contributed by atoms with Gasteiger partial charge in [0.1, 0.15) is 0 Å². The molecular formula is C15H29NO7S. The van der Waals surface area contributed by atoms with E-state index >= 15 is 0 Å². The van der Waals surface area contributed by atoms with Crippen LogP contribution in [0, 0.1) is 11.3 Å². The fraction of sp³-hybridized carbons (Fsp3) is 0.867. The molecule has 1 amide bonds. The molecule has 9 heteroatoms. The SMILES string of the molecule is CC(=O)NCCCS(=O)(=O)OCC(C)(C)[C@](O)(CC(C)C)C(=O)O. The monoisotopic (exact) mass is 367 g/mol. The molecule has 0 unspecified atom stereocenters. The summed E-state index contributed by atoms with van der Waals surface area (Å²) in [5.74, 6) is -2.07. The third-order valence-corrected chi connectivity index (χ3v) is 4.99. The van der Waals surface area contributed by atoms with Gasteiger partial charge in [-0.1, -0.05) is 27.7 Å². The van der Waals surface area contributed by atoms with E-state index in [1.165, 1.54) is 20.8 Å². The van der Waals surface area contributed by atoms with Crippen molar-refractivity contribution in [3.8, 4) is 0 Å². The largest absolute Gasteiger partial charge is 0.479 e. The van der Waals surface area contributed by atoms with E-state index in [0.29, 0.717) is 0 Å². The van der Waals surface area contributed by atoms with Crippen molar-refractivity contribution in [2.75, 3.05) is 18.9 Å². The van der Waals surface area contributed by atoms with Crippen molar-refractivity contribution in [1.82, 2.24) is 5.32 Å². The fourth-order valence-electron chi connectivity index (χ4n) is 2.17. The van der Waals surface area contributed by atoms with Gasteiger partial charge in [-0.25, -0.2) is 4.79 Å². The Bertz CT molecular complexity index is 542. The van der Waals surface area contributed by atoms with Crippen LogP contribution in [0.1, 0.15) is 47.5 Å². The lowest BCUT2D eigenvalue weighted by atomic mass is 9.71. The van der Waals surface area contributed by atoms with Crippen LogP contribution in [0.15, 0.2) is 0 Å². The smallest absolute Gasteiger partial charge is 0.336 e. The minimum absolute atomic E-state index is 0.0265. The number of rotatable bonds is 11. The topological polar surface area (TPSA) is 130 Å². The van der Waals surface area contributed by atoms with Crippen LogP contribution in [0.3, 0.4) is 0 Å². The molecule has 0 fully saturated rings. The van der Waals surface area contributed by atoms with E-state index in [1.54, 1.807) is 13.8 Å². The lowest BCUT2D eigenvalue weighted by molar-refractivity contribution is -0.178. The number of hydrogen-bond acceptors (Lipinski definition) is 6. The van der Waals surface area contributed by atoms with Crippen LogP contribution in [-0.2, 0) is 23.9 Å². The van der Waals surface area contributed by atoms with Crippen molar-refractivity contribution in [3.05, 3.63) is 0 Å². The highest BCUT2D eigenvalue weighted by Crippen LogP contribution is 2.37. The summed E-state index contributed by atoms with van der Waals surface area (Å²) in [4.78, 5) is 22.2. The first-order chi connectivity index (χ1) is 10.7. The van der Waals surface area contributed by atoms with Crippen LogP contribution in [0.5, 0.6) is 0 Å². The maximum Gasteiger partial charge on any atom is 0.336 e. The van der Waals surface area contributed by atoms with Gasteiger partial charge in [-0.05, 0) is 18.8 Å². The predicted molar refractivity (Wildman–Crippen MR) is 88.9 cm³/mol. The number of carboxylic acid groups (broad SMARTS) is 1. The Morgan fingerprint density at radius 1 is 1.25 bits per heavy atom. The van der Waals surface area contributed by atoms with E-state index in [9.17, 15) is 28.2 Å². The Labute approximate surface area is 143 Å². The highest BCUT2D eigenvalue weighted by molar-refractivity contribution is 7.86. The molecule has 0 aliphatic rings. The molecule has 0 aliphatic heterocycles. The molecule has 24 heavy (non-hydrogen) atoms. The molecule has 0 rings (SSSR count). The Hall–Kier alpha value is -1.19. The van der Waals surface area contributed by atoms with Gasteiger partial charge in [0.05, 0.1) is 12.4 Å². The zero-order valence-corrected chi connectivity index (χ0v) is 15.8. The molecule has 0 saturated heterocycles. The summed E-state index contributed by atoms with van der Waals surface area (Å²) < 4.78 is 28.7. The summed E-state index contributed by atoms with van der Waals surface area (Å²) in [6.07, 6.45) is 0.152. The second-order valence-corrected chi connectivity index (χ2v) is 8.77. The molecule has 0 aromatic rings. The molecule has 8 nitrogen and oxygen atoms in total. The molecule has 0 spiro atoms. The average molecular weight is 367 g/mol. The predicted octanol–water partition coefficient (Wildman–Crippen LogP) is 0.747. The molecule has 0 saturated carbocycles. The number of nitrogens with one attached hydrogen (secondary N) is 1. The minimum atomic E-state index is -3.88. The Kier molecular flexibility index (Phi) is 8.34. The van der Waals surface area contributed by atoms with Gasteiger partial charge < -0.3 is 15.5 Å². The van der Waals surface area contributed by atoms with Gasteiger partial charge in [-0.3, -0.25) is 8.98 Å². The summed E-state index contributed by atoms with van der Waals surface area (Å²) >= 11 is 0. The van der Waals surface area contributed by atoms with Crippen molar-refractivity contribution in [3.63, 3.8) is 0 Å². The van der Waals surface area contributed by atoms with Gasteiger partial charge in [-0.15, -0.1) is 0 Å². The molecule has 0 aromatic heterocycles. The summed E-state index contributed by atoms with van der Waals surface area (Å²) in [6.45, 7) is 7.52. The molecule has 0 bridgehead atoms. The first-order valence-electron chi connectivity index (χ1n) is 7.81. The lowest BCUT2D eigenvalue weighted by Crippen LogP contribution is -2.54. The van der Waals surface area contributed by atoms with E-state index in [-0.39, 0.29) is 37.0 Å². The number of aliphatic hydroxyl groups is 1. The van der Waals surface area contributed by atoms with Crippen LogP contribution in [0.25, 0.3) is 0 Å². The van der Waals surface area contributed by atoms with E-state index in [4.69, 9.17) is 4.18 Å². The maximum atomic E-state index is 11.9. The molecule has 1 atom stereocenters. The van der Waals surface area contributed by atoms with Crippen molar-refractivity contribution < 1.29 is 32.4 Å². The number of aliphatic carboxylic acids is 1. The lowest BCUT2D eigenvalue weighted by Gasteiger charge is -2.39. The van der Waals surface area contributed by atoms with E-state index in [0.717, 1.165) is 0 Å². The normalized spacial score (nSPS) is 15.1. The second kappa shape index (κ2) is 8.77.